The minimum atomic E-state index is -0.523. The molecule has 1 fully saturated rings. The van der Waals surface area contributed by atoms with E-state index in [2.05, 4.69) is 10.2 Å². The zero-order valence-corrected chi connectivity index (χ0v) is 24.6. The Labute approximate surface area is 235 Å². The summed E-state index contributed by atoms with van der Waals surface area (Å²) in [6.45, 7) is 9.54. The van der Waals surface area contributed by atoms with Crippen molar-refractivity contribution in [3.8, 4) is 22.6 Å². The fourth-order valence-electron chi connectivity index (χ4n) is 5.31. The number of amides is 3. The lowest BCUT2D eigenvalue weighted by Gasteiger charge is -2.36. The molecule has 1 N–H and O–H groups in total. The number of hydrogen-bond donors (Lipinski definition) is 1. The van der Waals surface area contributed by atoms with Crippen molar-refractivity contribution in [1.29, 1.82) is 0 Å². The van der Waals surface area contributed by atoms with Gasteiger partial charge in [0.2, 0.25) is 0 Å². The van der Waals surface area contributed by atoms with E-state index in [1.54, 1.807) is 42.7 Å². The van der Waals surface area contributed by atoms with Gasteiger partial charge >= 0.3 is 12.1 Å². The van der Waals surface area contributed by atoms with Crippen LogP contribution in [0.15, 0.2) is 23.1 Å². The van der Waals surface area contributed by atoms with Gasteiger partial charge < -0.3 is 33.9 Å². The van der Waals surface area contributed by atoms with Crippen LogP contribution >= 0.6 is 0 Å². The molecule has 11 heteroatoms. The first kappa shape index (κ1) is 29.3. The normalized spacial score (nSPS) is 15.9. The summed E-state index contributed by atoms with van der Waals surface area (Å²) < 4.78 is 18.8. The zero-order chi connectivity index (χ0) is 29.2. The summed E-state index contributed by atoms with van der Waals surface area (Å²) in [5, 5.41) is 2.65. The molecule has 0 aliphatic carbocycles. The molecule has 4 rings (SSSR count). The second-order valence-electron chi connectivity index (χ2n) is 11.2. The van der Waals surface area contributed by atoms with E-state index in [1.807, 2.05) is 39.1 Å². The van der Waals surface area contributed by atoms with Crippen LogP contribution in [0.4, 0.5) is 9.59 Å². The van der Waals surface area contributed by atoms with Crippen LogP contribution < -0.4 is 20.3 Å². The lowest BCUT2D eigenvalue weighted by atomic mass is 9.91. The van der Waals surface area contributed by atoms with Crippen LogP contribution in [0, 0.1) is 0 Å². The van der Waals surface area contributed by atoms with Gasteiger partial charge in [-0.05, 0) is 50.5 Å². The van der Waals surface area contributed by atoms with E-state index < -0.39 is 5.60 Å². The molecule has 40 heavy (non-hydrogen) atoms. The predicted octanol–water partition coefficient (Wildman–Crippen LogP) is 2.82. The Morgan fingerprint density at radius 3 is 2.12 bits per heavy atom. The molecule has 3 heterocycles. The second kappa shape index (κ2) is 11.8. The van der Waals surface area contributed by atoms with Gasteiger partial charge in [0.1, 0.15) is 17.1 Å². The molecule has 3 amide bonds. The first-order valence-electron chi connectivity index (χ1n) is 13.6. The van der Waals surface area contributed by atoms with E-state index in [-0.39, 0.29) is 24.2 Å². The topological polar surface area (TPSA) is 106 Å². The maximum absolute atomic E-state index is 13.0. The van der Waals surface area contributed by atoms with Crippen molar-refractivity contribution < 1.29 is 23.8 Å². The molecule has 2 aliphatic heterocycles. The van der Waals surface area contributed by atoms with Gasteiger partial charge in [-0.1, -0.05) is 0 Å². The molecule has 0 atom stereocenters. The number of rotatable bonds is 5. The Kier molecular flexibility index (Phi) is 8.62. The van der Waals surface area contributed by atoms with Crippen LogP contribution in [0.1, 0.15) is 37.5 Å². The zero-order valence-electron chi connectivity index (χ0n) is 24.6. The van der Waals surface area contributed by atoms with Crippen molar-refractivity contribution in [1.82, 2.24) is 24.6 Å². The van der Waals surface area contributed by atoms with Crippen LogP contribution in [-0.4, -0.2) is 91.0 Å². The quantitative estimate of drug-likeness (QED) is 0.605. The first-order chi connectivity index (χ1) is 18.9. The summed E-state index contributed by atoms with van der Waals surface area (Å²) in [6.07, 6.45) is 2.13. The number of urea groups is 1. The number of aryl methyl sites for hydroxylation is 1. The molecule has 0 spiro atoms. The van der Waals surface area contributed by atoms with Gasteiger partial charge in [-0.3, -0.25) is 9.69 Å². The summed E-state index contributed by atoms with van der Waals surface area (Å²) in [6, 6.07) is 3.78. The average molecular weight is 556 g/mol. The number of carbonyl (C=O) groups is 2. The van der Waals surface area contributed by atoms with Gasteiger partial charge in [-0.15, -0.1) is 0 Å². The second-order valence-corrected chi connectivity index (χ2v) is 11.2. The number of nitrogens with zero attached hydrogens (tertiary/aromatic N) is 4. The molecule has 0 bridgehead atoms. The standard InChI is InChI=1S/C29H41N5O6/c1-29(2,3)40-28(37)33-12-10-32(11-13-33)17-23-24(38-6)14-19(15-25(23)39-7)21-16-31(5)26(35)22-18-34(27(36)30-4)9-8-20(21)22/h14-16H,8-13,17-18H2,1-7H3,(H,30,36). The van der Waals surface area contributed by atoms with Gasteiger partial charge in [0.15, 0.2) is 0 Å². The number of nitrogens with one attached hydrogen (secondary N) is 1. The van der Waals surface area contributed by atoms with Crippen LogP contribution in [0.2, 0.25) is 0 Å². The lowest BCUT2D eigenvalue weighted by Crippen LogP contribution is -2.49. The molecule has 0 radical (unpaired) electrons. The van der Waals surface area contributed by atoms with Crippen LogP contribution in [-0.2, 0) is 31.3 Å². The summed E-state index contributed by atoms with van der Waals surface area (Å²) in [4.78, 5) is 43.4. The smallest absolute Gasteiger partial charge is 0.410 e. The monoisotopic (exact) mass is 555 g/mol. The van der Waals surface area contributed by atoms with E-state index in [9.17, 15) is 14.4 Å². The maximum Gasteiger partial charge on any atom is 0.410 e. The van der Waals surface area contributed by atoms with Crippen LogP contribution in [0.5, 0.6) is 11.5 Å². The summed E-state index contributed by atoms with van der Waals surface area (Å²) in [5.74, 6) is 1.38. The molecule has 0 unspecified atom stereocenters. The van der Waals surface area contributed by atoms with Gasteiger partial charge in [-0.2, -0.15) is 0 Å². The van der Waals surface area contributed by atoms with Crippen molar-refractivity contribution in [2.45, 2.75) is 45.9 Å². The van der Waals surface area contributed by atoms with Crippen molar-refractivity contribution in [2.75, 3.05) is 54.0 Å². The van der Waals surface area contributed by atoms with Crippen molar-refractivity contribution >= 4 is 12.1 Å². The number of fused-ring (bicyclic) bond motifs is 1. The van der Waals surface area contributed by atoms with Gasteiger partial charge in [0, 0.05) is 70.7 Å². The van der Waals surface area contributed by atoms with E-state index >= 15 is 0 Å². The van der Waals surface area contributed by atoms with Gasteiger partial charge in [-0.25, -0.2) is 9.59 Å². The van der Waals surface area contributed by atoms with Crippen molar-refractivity contribution in [3.63, 3.8) is 0 Å². The molecule has 2 aromatic rings. The summed E-state index contributed by atoms with van der Waals surface area (Å²) >= 11 is 0. The molecular weight excluding hydrogens is 514 g/mol. The van der Waals surface area contributed by atoms with Crippen LogP contribution in [0.3, 0.4) is 0 Å². The number of hydrogen-bond acceptors (Lipinski definition) is 7. The number of ether oxygens (including phenoxy) is 3. The molecule has 1 aromatic heterocycles. The third kappa shape index (κ3) is 6.19. The predicted molar refractivity (Wildman–Crippen MR) is 152 cm³/mol. The largest absolute Gasteiger partial charge is 0.496 e. The van der Waals surface area contributed by atoms with Gasteiger partial charge in [0.05, 0.1) is 26.3 Å². The number of carbonyl (C=O) groups excluding carboxylic acids is 2. The SMILES string of the molecule is CNC(=O)N1CCc2c(-c3cc(OC)c(CN4CCN(C(=O)OC(C)(C)C)CC4)c(OC)c3)cn(C)c(=O)c2C1. The third-order valence-electron chi connectivity index (χ3n) is 7.40. The Morgan fingerprint density at radius 2 is 1.57 bits per heavy atom. The lowest BCUT2D eigenvalue weighted by molar-refractivity contribution is 0.0138. The Morgan fingerprint density at radius 1 is 0.950 bits per heavy atom. The molecule has 218 valence electrons. The number of methoxy groups -OCH3 is 2. The Hall–Kier alpha value is -3.73. The number of piperazine rings is 1. The first-order valence-corrected chi connectivity index (χ1v) is 13.6. The average Bonchev–Trinajstić information content (AvgIpc) is 2.93. The van der Waals surface area contributed by atoms with E-state index in [4.69, 9.17) is 14.2 Å². The highest BCUT2D eigenvalue weighted by atomic mass is 16.6. The van der Waals surface area contributed by atoms with Crippen LogP contribution in [0.25, 0.3) is 11.1 Å². The van der Waals surface area contributed by atoms with E-state index in [0.717, 1.165) is 22.3 Å². The maximum atomic E-state index is 13.0. The van der Waals surface area contributed by atoms with E-state index in [0.29, 0.717) is 62.8 Å². The minimum absolute atomic E-state index is 0.103. The third-order valence-corrected chi connectivity index (χ3v) is 7.40. The molecule has 2 aliphatic rings. The molecule has 0 saturated carbocycles. The fourth-order valence-corrected chi connectivity index (χ4v) is 5.31. The van der Waals surface area contributed by atoms with Crippen molar-refractivity contribution in [3.05, 3.63) is 45.4 Å². The highest BCUT2D eigenvalue weighted by Gasteiger charge is 2.29. The van der Waals surface area contributed by atoms with E-state index in [1.165, 1.54) is 0 Å². The highest BCUT2D eigenvalue weighted by Crippen LogP contribution is 2.38. The van der Waals surface area contributed by atoms with Gasteiger partial charge in [0.25, 0.3) is 5.56 Å². The Bertz CT molecular complexity index is 1300. The highest BCUT2D eigenvalue weighted by molar-refractivity contribution is 5.76. The minimum Gasteiger partial charge on any atom is -0.496 e. The molecule has 1 saturated heterocycles. The molecule has 1 aromatic carbocycles. The summed E-state index contributed by atoms with van der Waals surface area (Å²) in [7, 11) is 6.60. The fraction of sp³-hybridized carbons (Fsp3) is 0.552. The Balaban J connectivity index is 1.60. The molecular formula is C29H41N5O6. The molecule has 11 nitrogen and oxygen atoms in total. The number of aromatic nitrogens is 1. The van der Waals surface area contributed by atoms with Crippen molar-refractivity contribution in [2.24, 2.45) is 7.05 Å². The number of pyridine rings is 1. The number of benzene rings is 1. The summed E-state index contributed by atoms with van der Waals surface area (Å²) in [5.41, 5.74) is 3.66.